The molecule has 2 aromatic carbocycles. The van der Waals surface area contributed by atoms with Crippen molar-refractivity contribution in [2.45, 2.75) is 17.8 Å². The molecule has 0 saturated carbocycles. The fraction of sp³-hybridized carbons (Fsp3) is 0.167. The molecule has 120 valence electrons. The van der Waals surface area contributed by atoms with Crippen LogP contribution in [-0.4, -0.2) is 27.3 Å². The molecule has 2 aromatic heterocycles. The molecule has 2 heterocycles. The van der Waals surface area contributed by atoms with Crippen LogP contribution in [0, 0.1) is 6.92 Å². The quantitative estimate of drug-likeness (QED) is 0.568. The van der Waals surface area contributed by atoms with Crippen LogP contribution in [0.1, 0.15) is 11.1 Å². The number of hydrogen-bond donors (Lipinski definition) is 1. The molecule has 5 nitrogen and oxygen atoms in total. The van der Waals surface area contributed by atoms with E-state index >= 15 is 0 Å². The number of ether oxygens (including phenoxy) is 1. The maximum Gasteiger partial charge on any atom is 0.211 e. The summed E-state index contributed by atoms with van der Waals surface area (Å²) in [6, 6.07) is 14.2. The van der Waals surface area contributed by atoms with Crippen LogP contribution in [-0.2, 0) is 5.75 Å². The maximum absolute atomic E-state index is 5.42. The minimum absolute atomic E-state index is 0.651. The largest absolute Gasteiger partial charge is 0.496 e. The topological polar surface area (TPSA) is 63.7 Å². The van der Waals surface area contributed by atoms with Gasteiger partial charge in [0.1, 0.15) is 11.3 Å². The highest BCUT2D eigenvalue weighted by Crippen LogP contribution is 2.28. The van der Waals surface area contributed by atoms with Crippen molar-refractivity contribution in [2.75, 3.05) is 7.11 Å². The molecule has 0 radical (unpaired) electrons. The summed E-state index contributed by atoms with van der Waals surface area (Å²) in [5.41, 5.74) is 4.93. The second kappa shape index (κ2) is 6.13. The molecule has 4 rings (SSSR count). The molecule has 0 fully saturated rings. The standard InChI is InChI=1S/C18H16N4OS/c1-11-7-8-15(23-2)12(9-11)10-24-18-20-17-16(21-22-18)13-5-3-4-6-14(13)19-17/h3-9H,10H2,1-2H3,(H,19,20,22). The van der Waals surface area contributed by atoms with Crippen LogP contribution in [0.4, 0.5) is 0 Å². The van der Waals surface area contributed by atoms with Crippen LogP contribution < -0.4 is 4.74 Å². The SMILES string of the molecule is COc1ccc(C)cc1CSc1nnc2c(n1)[nH]c1ccccc12. The molecule has 0 aliphatic heterocycles. The van der Waals surface area contributed by atoms with Gasteiger partial charge < -0.3 is 9.72 Å². The molecule has 0 atom stereocenters. The van der Waals surface area contributed by atoms with Gasteiger partial charge in [-0.2, -0.15) is 0 Å². The number of hydrogen-bond acceptors (Lipinski definition) is 5. The number of benzene rings is 2. The fourth-order valence-corrected chi connectivity index (χ4v) is 3.49. The summed E-state index contributed by atoms with van der Waals surface area (Å²) in [5, 5.41) is 10.3. The molecule has 0 amide bonds. The van der Waals surface area contributed by atoms with Crippen LogP contribution in [0.15, 0.2) is 47.6 Å². The summed E-state index contributed by atoms with van der Waals surface area (Å²) in [5.74, 6) is 1.62. The molecule has 0 bridgehead atoms. The zero-order chi connectivity index (χ0) is 16.5. The number of aromatic nitrogens is 4. The average Bonchev–Trinajstić information content (AvgIpc) is 2.98. The first-order chi connectivity index (χ1) is 11.7. The van der Waals surface area contributed by atoms with Crippen molar-refractivity contribution in [2.24, 2.45) is 0 Å². The van der Waals surface area contributed by atoms with E-state index in [1.54, 1.807) is 18.9 Å². The Balaban J connectivity index is 1.63. The molecular formula is C18H16N4OS. The number of thioether (sulfide) groups is 1. The Kier molecular flexibility index (Phi) is 3.82. The summed E-state index contributed by atoms with van der Waals surface area (Å²) in [6.45, 7) is 2.07. The van der Waals surface area contributed by atoms with Gasteiger partial charge in [-0.3, -0.25) is 0 Å². The van der Waals surface area contributed by atoms with Crippen molar-refractivity contribution in [1.29, 1.82) is 0 Å². The first-order valence-corrected chi connectivity index (χ1v) is 8.60. The van der Waals surface area contributed by atoms with E-state index in [0.29, 0.717) is 5.16 Å². The summed E-state index contributed by atoms with van der Waals surface area (Å²) in [6.07, 6.45) is 0. The third-order valence-electron chi connectivity index (χ3n) is 3.90. The predicted molar refractivity (Wildman–Crippen MR) is 96.5 cm³/mol. The Bertz CT molecular complexity index is 1030. The Hall–Kier alpha value is -2.60. The molecule has 24 heavy (non-hydrogen) atoms. The van der Waals surface area contributed by atoms with Crippen molar-refractivity contribution in [1.82, 2.24) is 20.2 Å². The van der Waals surface area contributed by atoms with Crippen molar-refractivity contribution in [3.63, 3.8) is 0 Å². The van der Waals surface area contributed by atoms with Gasteiger partial charge in [-0.1, -0.05) is 47.7 Å². The minimum Gasteiger partial charge on any atom is -0.496 e. The summed E-state index contributed by atoms with van der Waals surface area (Å²) in [7, 11) is 1.69. The Morgan fingerprint density at radius 1 is 1.12 bits per heavy atom. The van der Waals surface area contributed by atoms with Gasteiger partial charge in [-0.15, -0.1) is 10.2 Å². The number of methoxy groups -OCH3 is 1. The maximum atomic E-state index is 5.42. The third-order valence-corrected chi connectivity index (χ3v) is 4.78. The van der Waals surface area contributed by atoms with Gasteiger partial charge >= 0.3 is 0 Å². The van der Waals surface area contributed by atoms with E-state index in [1.165, 1.54) is 5.56 Å². The number of aromatic amines is 1. The molecule has 1 N–H and O–H groups in total. The summed E-state index contributed by atoms with van der Waals surface area (Å²) in [4.78, 5) is 7.89. The van der Waals surface area contributed by atoms with Crippen LogP contribution in [0.2, 0.25) is 0 Å². The number of nitrogens with one attached hydrogen (secondary N) is 1. The highest BCUT2D eigenvalue weighted by molar-refractivity contribution is 7.98. The van der Waals surface area contributed by atoms with E-state index < -0.39 is 0 Å². The average molecular weight is 336 g/mol. The monoisotopic (exact) mass is 336 g/mol. The Morgan fingerprint density at radius 2 is 2.00 bits per heavy atom. The minimum atomic E-state index is 0.651. The Labute approximate surface area is 143 Å². The van der Waals surface area contributed by atoms with E-state index in [1.807, 2.05) is 36.4 Å². The molecule has 0 aliphatic carbocycles. The van der Waals surface area contributed by atoms with E-state index in [2.05, 4.69) is 33.2 Å². The number of fused-ring (bicyclic) bond motifs is 3. The molecule has 0 spiro atoms. The third kappa shape index (κ3) is 2.69. The van der Waals surface area contributed by atoms with E-state index in [0.717, 1.165) is 39.1 Å². The lowest BCUT2D eigenvalue weighted by molar-refractivity contribution is 0.411. The van der Waals surface area contributed by atoms with Crippen LogP contribution >= 0.6 is 11.8 Å². The molecule has 0 unspecified atom stereocenters. The van der Waals surface area contributed by atoms with Gasteiger partial charge in [-0.05, 0) is 19.1 Å². The van der Waals surface area contributed by atoms with E-state index in [9.17, 15) is 0 Å². The summed E-state index contributed by atoms with van der Waals surface area (Å²) >= 11 is 1.55. The molecule has 0 aliphatic rings. The first kappa shape index (κ1) is 15.0. The van der Waals surface area contributed by atoms with Crippen LogP contribution in [0.5, 0.6) is 5.75 Å². The van der Waals surface area contributed by atoms with Crippen molar-refractivity contribution < 1.29 is 4.74 Å². The lowest BCUT2D eigenvalue weighted by Gasteiger charge is -2.08. The fourth-order valence-electron chi connectivity index (χ4n) is 2.73. The second-order valence-electron chi connectivity index (χ2n) is 5.57. The molecule has 4 aromatic rings. The van der Waals surface area contributed by atoms with Gasteiger partial charge in [-0.25, -0.2) is 4.98 Å². The van der Waals surface area contributed by atoms with Gasteiger partial charge in [0.2, 0.25) is 5.16 Å². The lowest BCUT2D eigenvalue weighted by Crippen LogP contribution is -1.94. The van der Waals surface area contributed by atoms with E-state index in [-0.39, 0.29) is 0 Å². The van der Waals surface area contributed by atoms with Gasteiger partial charge in [0.15, 0.2) is 5.65 Å². The van der Waals surface area contributed by atoms with Crippen molar-refractivity contribution >= 4 is 33.8 Å². The molecule has 0 saturated heterocycles. The van der Waals surface area contributed by atoms with Gasteiger partial charge in [0.25, 0.3) is 0 Å². The Morgan fingerprint density at radius 3 is 2.88 bits per heavy atom. The summed E-state index contributed by atoms with van der Waals surface area (Å²) < 4.78 is 5.42. The highest BCUT2D eigenvalue weighted by atomic mass is 32.2. The second-order valence-corrected chi connectivity index (χ2v) is 6.51. The first-order valence-electron chi connectivity index (χ1n) is 7.62. The number of aryl methyl sites for hydroxylation is 1. The van der Waals surface area contributed by atoms with Crippen LogP contribution in [0.3, 0.4) is 0 Å². The van der Waals surface area contributed by atoms with Gasteiger partial charge in [0.05, 0.1) is 7.11 Å². The number of nitrogens with zero attached hydrogens (tertiary/aromatic N) is 3. The normalized spacial score (nSPS) is 11.2. The number of rotatable bonds is 4. The predicted octanol–water partition coefficient (Wildman–Crippen LogP) is 4.12. The van der Waals surface area contributed by atoms with E-state index in [4.69, 9.17) is 4.74 Å². The smallest absolute Gasteiger partial charge is 0.211 e. The highest BCUT2D eigenvalue weighted by Gasteiger charge is 2.10. The van der Waals surface area contributed by atoms with Gasteiger partial charge in [0, 0.05) is 22.2 Å². The number of H-pyrrole nitrogens is 1. The molecular weight excluding hydrogens is 320 g/mol. The lowest BCUT2D eigenvalue weighted by atomic mass is 10.1. The van der Waals surface area contributed by atoms with Crippen molar-refractivity contribution in [3.8, 4) is 5.75 Å². The van der Waals surface area contributed by atoms with Crippen molar-refractivity contribution in [3.05, 3.63) is 53.6 Å². The van der Waals surface area contributed by atoms with Crippen LogP contribution in [0.25, 0.3) is 22.1 Å². The number of para-hydroxylation sites is 1. The zero-order valence-electron chi connectivity index (χ0n) is 13.4. The zero-order valence-corrected chi connectivity index (χ0v) is 14.2. The molecule has 6 heteroatoms.